The summed E-state index contributed by atoms with van der Waals surface area (Å²) in [7, 11) is 0. The molecule has 0 aliphatic heterocycles. The van der Waals surface area contributed by atoms with Crippen molar-refractivity contribution in [1.29, 1.82) is 0 Å². The van der Waals surface area contributed by atoms with E-state index in [0.717, 1.165) is 27.7 Å². The molecule has 0 spiro atoms. The molecule has 1 aromatic heterocycles. The number of hydrogen-bond acceptors (Lipinski definition) is 6. The van der Waals surface area contributed by atoms with Crippen molar-refractivity contribution < 1.29 is 14.8 Å². The van der Waals surface area contributed by atoms with Gasteiger partial charge in [-0.05, 0) is 36.2 Å². The number of aromatic nitrogens is 2. The van der Waals surface area contributed by atoms with E-state index in [1.807, 2.05) is 48.5 Å². The summed E-state index contributed by atoms with van der Waals surface area (Å²) in [6.07, 6.45) is 0.254. The van der Waals surface area contributed by atoms with Crippen LogP contribution >= 0.6 is 0 Å². The zero-order valence-corrected chi connectivity index (χ0v) is 17.7. The van der Waals surface area contributed by atoms with Gasteiger partial charge >= 0.3 is 0 Å². The van der Waals surface area contributed by atoms with Gasteiger partial charge in [-0.2, -0.15) is 5.10 Å². The Morgan fingerprint density at radius 2 is 1.73 bits per heavy atom. The number of fused-ring (bicyclic) bond motifs is 1. The van der Waals surface area contributed by atoms with E-state index in [0.29, 0.717) is 11.4 Å². The number of hydrogen-bond donors (Lipinski definition) is 5. The molecule has 0 fully saturated rings. The summed E-state index contributed by atoms with van der Waals surface area (Å²) in [6, 6.07) is 21.4. The van der Waals surface area contributed by atoms with Crippen LogP contribution in [0.4, 0.5) is 11.4 Å². The minimum atomic E-state index is -0.866. The summed E-state index contributed by atoms with van der Waals surface area (Å²) in [5, 5.41) is 17.0. The van der Waals surface area contributed by atoms with Gasteiger partial charge in [-0.1, -0.05) is 48.5 Å². The van der Waals surface area contributed by atoms with Crippen LogP contribution in [-0.4, -0.2) is 32.8 Å². The summed E-state index contributed by atoms with van der Waals surface area (Å²) < 4.78 is 1.64. The molecule has 1 heterocycles. The van der Waals surface area contributed by atoms with E-state index in [9.17, 15) is 9.59 Å². The Morgan fingerprint density at radius 3 is 2.42 bits per heavy atom. The first-order valence-corrected chi connectivity index (χ1v) is 10.3. The number of benzene rings is 3. The molecule has 1 atom stereocenters. The zero-order valence-electron chi connectivity index (χ0n) is 17.7. The van der Waals surface area contributed by atoms with Crippen molar-refractivity contribution in [2.45, 2.75) is 19.0 Å². The third-order valence-corrected chi connectivity index (χ3v) is 5.29. The van der Waals surface area contributed by atoms with Crippen molar-refractivity contribution in [2.24, 2.45) is 5.73 Å². The highest BCUT2D eigenvalue weighted by Crippen LogP contribution is 2.32. The molecule has 0 aliphatic rings. The van der Waals surface area contributed by atoms with Gasteiger partial charge in [-0.15, -0.1) is 0 Å². The standard InChI is InChI=1S/C24H24N6O3/c25-18-7-4-8-20-22(18)23(16-5-2-1-3-6-16)28-30(20)14-21(31)27-17-11-9-15(10-12-17)13-19(26)24(32)29-33/h1-12,19,33H,13-14,25-26H2,(H,27,31)(H,29,32)/t19-/m0/s1. The minimum absolute atomic E-state index is 0.0100. The second-order valence-corrected chi connectivity index (χ2v) is 7.65. The van der Waals surface area contributed by atoms with Crippen LogP contribution in [0.15, 0.2) is 72.8 Å². The Kier molecular flexibility index (Phi) is 6.34. The Balaban J connectivity index is 1.51. The third kappa shape index (κ3) is 4.84. The lowest BCUT2D eigenvalue weighted by molar-refractivity contribution is -0.130. The Bertz CT molecular complexity index is 1290. The van der Waals surface area contributed by atoms with E-state index in [1.165, 1.54) is 5.48 Å². The summed E-state index contributed by atoms with van der Waals surface area (Å²) in [6.45, 7) is 0.0100. The van der Waals surface area contributed by atoms with Crippen molar-refractivity contribution in [1.82, 2.24) is 15.3 Å². The van der Waals surface area contributed by atoms with Crippen LogP contribution in [0.5, 0.6) is 0 Å². The SMILES string of the molecule is Nc1cccc2c1c(-c1ccccc1)nn2CC(=O)Nc1ccc(C[C@H](N)C(=O)NO)cc1. The molecule has 9 nitrogen and oxygen atoms in total. The zero-order chi connectivity index (χ0) is 23.4. The van der Waals surface area contributed by atoms with Crippen LogP contribution in [0, 0.1) is 0 Å². The predicted octanol–water partition coefficient (Wildman–Crippen LogP) is 2.30. The average molecular weight is 444 g/mol. The van der Waals surface area contributed by atoms with E-state index in [1.54, 1.807) is 28.9 Å². The number of nitrogen functional groups attached to an aromatic ring is 1. The summed E-state index contributed by atoms with van der Waals surface area (Å²) >= 11 is 0. The second-order valence-electron chi connectivity index (χ2n) is 7.65. The molecule has 0 aliphatic carbocycles. The maximum Gasteiger partial charge on any atom is 0.260 e. The number of hydroxylamine groups is 1. The molecule has 4 rings (SSSR count). The molecule has 4 aromatic rings. The number of nitrogens with zero attached hydrogens (tertiary/aromatic N) is 2. The topological polar surface area (TPSA) is 148 Å². The average Bonchev–Trinajstić information content (AvgIpc) is 3.19. The molecule has 3 aromatic carbocycles. The highest BCUT2D eigenvalue weighted by atomic mass is 16.5. The van der Waals surface area contributed by atoms with Crippen molar-refractivity contribution in [2.75, 3.05) is 11.1 Å². The Labute approximate surface area is 190 Å². The van der Waals surface area contributed by atoms with E-state index < -0.39 is 11.9 Å². The maximum absolute atomic E-state index is 12.7. The van der Waals surface area contributed by atoms with Crippen molar-refractivity contribution in [3.8, 4) is 11.3 Å². The van der Waals surface area contributed by atoms with Crippen molar-refractivity contribution >= 4 is 34.1 Å². The van der Waals surface area contributed by atoms with E-state index in [-0.39, 0.29) is 18.9 Å². The molecule has 0 radical (unpaired) electrons. The molecular formula is C24H24N6O3. The molecule has 0 unspecified atom stereocenters. The van der Waals surface area contributed by atoms with Crippen LogP contribution < -0.4 is 22.3 Å². The minimum Gasteiger partial charge on any atom is -0.398 e. The van der Waals surface area contributed by atoms with Crippen molar-refractivity contribution in [3.63, 3.8) is 0 Å². The van der Waals surface area contributed by atoms with Gasteiger partial charge in [-0.3, -0.25) is 19.5 Å². The third-order valence-electron chi connectivity index (χ3n) is 5.29. The van der Waals surface area contributed by atoms with Gasteiger partial charge in [0.05, 0.1) is 16.9 Å². The molecule has 2 amide bonds. The fourth-order valence-electron chi connectivity index (χ4n) is 3.66. The number of rotatable bonds is 7. The molecular weight excluding hydrogens is 420 g/mol. The van der Waals surface area contributed by atoms with E-state index in [4.69, 9.17) is 16.7 Å². The fraction of sp³-hybridized carbons (Fsp3) is 0.125. The Hall–Kier alpha value is -4.21. The largest absolute Gasteiger partial charge is 0.398 e. The van der Waals surface area contributed by atoms with Gasteiger partial charge in [0, 0.05) is 16.9 Å². The summed E-state index contributed by atoms with van der Waals surface area (Å²) in [5.74, 6) is -0.903. The van der Waals surface area contributed by atoms with E-state index in [2.05, 4.69) is 10.4 Å². The van der Waals surface area contributed by atoms with Gasteiger partial charge in [0.25, 0.3) is 5.91 Å². The first kappa shape index (κ1) is 22.0. The molecule has 33 heavy (non-hydrogen) atoms. The highest BCUT2D eigenvalue weighted by molar-refractivity contribution is 6.02. The number of amides is 2. The lowest BCUT2D eigenvalue weighted by Gasteiger charge is -2.10. The Morgan fingerprint density at radius 1 is 1.00 bits per heavy atom. The smallest absolute Gasteiger partial charge is 0.260 e. The molecule has 0 bridgehead atoms. The molecule has 7 N–H and O–H groups in total. The lowest BCUT2D eigenvalue weighted by atomic mass is 10.1. The van der Waals surface area contributed by atoms with Gasteiger partial charge in [0.15, 0.2) is 0 Å². The first-order chi connectivity index (χ1) is 16.0. The van der Waals surface area contributed by atoms with E-state index >= 15 is 0 Å². The number of nitrogens with two attached hydrogens (primary N) is 2. The normalized spacial score (nSPS) is 11.8. The summed E-state index contributed by atoms with van der Waals surface area (Å²) in [5.41, 5.74) is 17.9. The lowest BCUT2D eigenvalue weighted by Crippen LogP contribution is -2.40. The quantitative estimate of drug-likeness (QED) is 0.168. The molecule has 0 saturated carbocycles. The molecule has 168 valence electrons. The second kappa shape index (κ2) is 9.51. The molecule has 9 heteroatoms. The fourth-order valence-corrected chi connectivity index (χ4v) is 3.66. The highest BCUT2D eigenvalue weighted by Gasteiger charge is 2.17. The number of nitrogens with one attached hydrogen (secondary N) is 2. The van der Waals surface area contributed by atoms with Crippen LogP contribution in [-0.2, 0) is 22.6 Å². The number of carbonyl (C=O) groups is 2. The first-order valence-electron chi connectivity index (χ1n) is 10.3. The van der Waals surface area contributed by atoms with Crippen molar-refractivity contribution in [3.05, 3.63) is 78.4 Å². The van der Waals surface area contributed by atoms with Crippen LogP contribution in [0.25, 0.3) is 22.2 Å². The van der Waals surface area contributed by atoms with Gasteiger partial charge in [-0.25, -0.2) is 5.48 Å². The predicted molar refractivity (Wildman–Crippen MR) is 126 cm³/mol. The molecule has 0 saturated heterocycles. The monoisotopic (exact) mass is 444 g/mol. The van der Waals surface area contributed by atoms with Crippen LogP contribution in [0.2, 0.25) is 0 Å². The maximum atomic E-state index is 12.7. The number of anilines is 2. The van der Waals surface area contributed by atoms with Gasteiger partial charge < -0.3 is 16.8 Å². The summed E-state index contributed by atoms with van der Waals surface area (Å²) in [4.78, 5) is 24.1. The van der Waals surface area contributed by atoms with Crippen LogP contribution in [0.1, 0.15) is 5.56 Å². The van der Waals surface area contributed by atoms with Gasteiger partial charge in [0.1, 0.15) is 12.2 Å². The number of carbonyl (C=O) groups excluding carboxylic acids is 2. The van der Waals surface area contributed by atoms with Crippen LogP contribution in [0.3, 0.4) is 0 Å². The van der Waals surface area contributed by atoms with Gasteiger partial charge in [0.2, 0.25) is 5.91 Å².